The number of rotatable bonds is 5. The highest BCUT2D eigenvalue weighted by molar-refractivity contribution is 5.78. The highest BCUT2D eigenvalue weighted by Crippen LogP contribution is 2.48. The number of aromatic nitrogens is 2. The Labute approximate surface area is 307 Å². The first-order chi connectivity index (χ1) is 25.8. The molecule has 2 aliphatic heterocycles. The molecule has 5 aromatic rings. The molecule has 0 radical (unpaired) electrons. The Hall–Kier alpha value is -4.44. The number of anilines is 4. The normalized spacial score (nSPS) is 16.5. The quantitative estimate of drug-likeness (QED) is 0.187. The topological polar surface area (TPSA) is 32.3 Å². The Morgan fingerprint density at radius 2 is 1.24 bits per heavy atom. The van der Waals surface area contributed by atoms with Crippen molar-refractivity contribution < 1.29 is 6.85 Å². The predicted molar refractivity (Wildman–Crippen MR) is 212 cm³/mol. The van der Waals surface area contributed by atoms with Crippen LogP contribution in [0.4, 0.5) is 23.0 Å². The van der Waals surface area contributed by atoms with Crippen molar-refractivity contribution in [3.8, 4) is 11.1 Å². The summed E-state index contributed by atoms with van der Waals surface area (Å²) >= 11 is 0. The van der Waals surface area contributed by atoms with Crippen LogP contribution >= 0.6 is 0 Å². The molecule has 258 valence electrons. The third-order valence-corrected chi connectivity index (χ3v) is 10.6. The van der Waals surface area contributed by atoms with Crippen LogP contribution in [0.1, 0.15) is 114 Å². The van der Waals surface area contributed by atoms with Crippen LogP contribution in [0.5, 0.6) is 0 Å². The van der Waals surface area contributed by atoms with Crippen molar-refractivity contribution in [1.29, 1.82) is 0 Å². The maximum atomic E-state index is 8.90. The molecule has 0 aliphatic carbocycles. The van der Waals surface area contributed by atoms with Gasteiger partial charge in [-0.2, -0.15) is 0 Å². The molecule has 4 nitrogen and oxygen atoms in total. The minimum absolute atomic E-state index is 0.199. The molecule has 0 amide bonds. The van der Waals surface area contributed by atoms with Crippen LogP contribution in [0.25, 0.3) is 11.1 Å². The summed E-state index contributed by atoms with van der Waals surface area (Å²) in [5, 5.41) is 0. The van der Waals surface area contributed by atoms with Crippen LogP contribution in [0.2, 0.25) is 0 Å². The molecular formula is C46H54N4. The third kappa shape index (κ3) is 6.23. The summed E-state index contributed by atoms with van der Waals surface area (Å²) in [7, 11) is 0. The first-order valence-corrected chi connectivity index (χ1v) is 18.2. The molecule has 0 N–H and O–H groups in total. The molecule has 7 rings (SSSR count). The average Bonchev–Trinajstić information content (AvgIpc) is 3.14. The predicted octanol–water partition coefficient (Wildman–Crippen LogP) is 11.5. The number of benzene rings is 3. The van der Waals surface area contributed by atoms with Crippen molar-refractivity contribution in [2.24, 2.45) is 0 Å². The van der Waals surface area contributed by atoms with Crippen LogP contribution in [-0.2, 0) is 29.1 Å². The molecule has 50 heavy (non-hydrogen) atoms. The second-order valence-corrected chi connectivity index (χ2v) is 16.8. The summed E-state index contributed by atoms with van der Waals surface area (Å²) in [5.41, 5.74) is 10.3. The number of pyridine rings is 2. The van der Waals surface area contributed by atoms with E-state index in [1.54, 1.807) is 6.20 Å². The molecular weight excluding hydrogens is 609 g/mol. The van der Waals surface area contributed by atoms with Gasteiger partial charge in [0.2, 0.25) is 0 Å². The van der Waals surface area contributed by atoms with E-state index in [2.05, 4.69) is 115 Å². The number of hydrogen-bond donors (Lipinski definition) is 0. The zero-order valence-electron chi connectivity index (χ0n) is 36.3. The van der Waals surface area contributed by atoms with Gasteiger partial charge in [0, 0.05) is 53.4 Å². The minimum Gasteiger partial charge on any atom is -0.326 e. The summed E-state index contributed by atoms with van der Waals surface area (Å²) in [6, 6.07) is 16.7. The molecule has 0 fully saturated rings. The maximum absolute atomic E-state index is 8.90. The second kappa shape index (κ2) is 12.7. The van der Waals surface area contributed by atoms with Gasteiger partial charge in [-0.25, -0.2) is 9.97 Å². The smallest absolute Gasteiger partial charge is 0.137 e. The molecule has 2 aromatic heterocycles. The van der Waals surface area contributed by atoms with Crippen molar-refractivity contribution in [2.45, 2.75) is 104 Å². The lowest BCUT2D eigenvalue weighted by Crippen LogP contribution is -2.32. The van der Waals surface area contributed by atoms with E-state index in [0.717, 1.165) is 67.2 Å². The molecule has 0 unspecified atom stereocenters. The highest BCUT2D eigenvalue weighted by atomic mass is 15.2. The lowest BCUT2D eigenvalue weighted by molar-refractivity contribution is 0.528. The van der Waals surface area contributed by atoms with Gasteiger partial charge in [-0.15, -0.1) is 0 Å². The van der Waals surface area contributed by atoms with Gasteiger partial charge in [-0.05, 0) is 107 Å². The molecule has 4 heteroatoms. The number of nitrogens with zero attached hydrogens (tertiary/aromatic N) is 4. The van der Waals surface area contributed by atoms with Crippen molar-refractivity contribution in [3.63, 3.8) is 0 Å². The van der Waals surface area contributed by atoms with Gasteiger partial charge >= 0.3 is 0 Å². The van der Waals surface area contributed by atoms with E-state index in [-0.39, 0.29) is 40.6 Å². The summed E-state index contributed by atoms with van der Waals surface area (Å²) < 4.78 is 43.0. The molecule has 3 aromatic carbocycles. The zero-order chi connectivity index (χ0) is 39.8. The average molecular weight is 668 g/mol. The first-order valence-electron chi connectivity index (χ1n) is 20.7. The molecule has 0 atom stereocenters. The van der Waals surface area contributed by atoms with E-state index in [1.807, 2.05) is 12.3 Å². The Morgan fingerprint density at radius 1 is 0.660 bits per heavy atom. The zero-order valence-corrected chi connectivity index (χ0v) is 31.3. The fourth-order valence-corrected chi connectivity index (χ4v) is 7.99. The van der Waals surface area contributed by atoms with Crippen molar-refractivity contribution in [1.82, 2.24) is 9.97 Å². The minimum atomic E-state index is -0.435. The largest absolute Gasteiger partial charge is 0.326 e. The number of fused-ring (bicyclic) bond motifs is 2. The number of aryl methyl sites for hydroxylation is 3. The molecule has 0 spiro atoms. The fraction of sp³-hybridized carbons (Fsp3) is 0.391. The first kappa shape index (κ1) is 28.3. The van der Waals surface area contributed by atoms with Crippen LogP contribution in [0, 0.1) is 6.92 Å². The van der Waals surface area contributed by atoms with E-state index in [1.165, 1.54) is 33.5 Å². The Bertz CT molecular complexity index is 2290. The van der Waals surface area contributed by atoms with Gasteiger partial charge in [0.05, 0.1) is 6.85 Å². The summed E-state index contributed by atoms with van der Waals surface area (Å²) in [6.07, 6.45) is 7.76. The van der Waals surface area contributed by atoms with E-state index >= 15 is 0 Å². The van der Waals surface area contributed by atoms with Crippen molar-refractivity contribution in [3.05, 3.63) is 130 Å². The second-order valence-electron chi connectivity index (χ2n) is 16.8. The molecule has 0 saturated carbocycles. The lowest BCUT2D eigenvalue weighted by atomic mass is 9.72. The van der Waals surface area contributed by atoms with E-state index < -0.39 is 11.5 Å². The SMILES string of the molecule is [2H]c1c([2H])c([2H])c(-c2cnc(N3CCCc4ccc(C(C)(C)c5ccc6c(c5)N(c5cc(C)ccn5)CCC6)cc43)c(C(C)(C)C)c2C(C)(C)C)c([2H])c1[2H]. The molecule has 4 heterocycles. The Kier molecular flexibility index (Phi) is 7.19. The molecule has 0 saturated heterocycles. The van der Waals surface area contributed by atoms with E-state index in [4.69, 9.17) is 16.8 Å². The molecule has 2 aliphatic rings. The highest BCUT2D eigenvalue weighted by Gasteiger charge is 2.36. The Balaban J connectivity index is 1.37. The summed E-state index contributed by atoms with van der Waals surface area (Å²) in [6.45, 7) is 21.4. The Morgan fingerprint density at radius 3 is 1.82 bits per heavy atom. The maximum Gasteiger partial charge on any atom is 0.137 e. The van der Waals surface area contributed by atoms with Gasteiger partial charge in [0.15, 0.2) is 0 Å². The van der Waals surface area contributed by atoms with Gasteiger partial charge in [-0.1, -0.05) is 110 Å². The van der Waals surface area contributed by atoms with Crippen LogP contribution < -0.4 is 9.80 Å². The third-order valence-electron chi connectivity index (χ3n) is 10.6. The van der Waals surface area contributed by atoms with E-state index in [0.29, 0.717) is 5.56 Å². The standard InChI is InChI=1S/C46H54N4/c1-31-23-24-47-40(27-31)49-25-13-17-33-19-21-35(28-38(33)49)46(8,9)36-22-20-34-18-14-26-50(39(34)29-36)43-42(45(5,6)7)41(44(2,3)4)37(30-48-43)32-15-11-10-12-16-32/h10-12,15-16,19-24,27-30H,13-14,17-18,25-26H2,1-9H3/i10D,11D,12D,15D,16D. The van der Waals surface area contributed by atoms with Gasteiger partial charge < -0.3 is 9.80 Å². The van der Waals surface area contributed by atoms with Crippen LogP contribution in [0.3, 0.4) is 0 Å². The van der Waals surface area contributed by atoms with Gasteiger partial charge in [-0.3, -0.25) is 0 Å². The van der Waals surface area contributed by atoms with Gasteiger partial charge in [0.1, 0.15) is 11.6 Å². The van der Waals surface area contributed by atoms with Crippen LogP contribution in [-0.4, -0.2) is 23.1 Å². The molecule has 0 bridgehead atoms. The van der Waals surface area contributed by atoms with E-state index in [9.17, 15) is 0 Å². The summed E-state index contributed by atoms with van der Waals surface area (Å²) in [5.74, 6) is 1.86. The van der Waals surface area contributed by atoms with Crippen molar-refractivity contribution >= 4 is 23.0 Å². The fourth-order valence-electron chi connectivity index (χ4n) is 7.99. The van der Waals surface area contributed by atoms with Gasteiger partial charge in [0.25, 0.3) is 0 Å². The summed E-state index contributed by atoms with van der Waals surface area (Å²) in [4.78, 5) is 14.7. The van der Waals surface area contributed by atoms with Crippen molar-refractivity contribution in [2.75, 3.05) is 22.9 Å². The lowest BCUT2D eigenvalue weighted by Gasteiger charge is -2.39. The van der Waals surface area contributed by atoms with Crippen LogP contribution in [0.15, 0.2) is 91.1 Å². The number of hydrogen-bond acceptors (Lipinski definition) is 4. The monoisotopic (exact) mass is 667 g/mol.